The van der Waals surface area contributed by atoms with Crippen LogP contribution < -0.4 is 10.1 Å². The zero-order chi connectivity index (χ0) is 16.7. The largest absolute Gasteiger partial charge is 0.508 e. The number of phenols is 1. The van der Waals surface area contributed by atoms with E-state index in [1.165, 1.54) is 5.56 Å². The fraction of sp³-hybridized carbons (Fsp3) is 0.368. The molecule has 2 aromatic carbocycles. The first-order chi connectivity index (χ1) is 11.1. The molecule has 2 atom stereocenters. The van der Waals surface area contributed by atoms with Gasteiger partial charge >= 0.3 is 0 Å². The Hall–Kier alpha value is -2.04. The summed E-state index contributed by atoms with van der Waals surface area (Å²) >= 11 is 0. The van der Waals surface area contributed by atoms with Gasteiger partial charge in [-0.1, -0.05) is 42.8 Å². The SMILES string of the molecule is CCC(NCC(O)COc1ccc(C)cc1)c1ccccc1O. The molecule has 0 radical (unpaired) electrons. The van der Waals surface area contributed by atoms with Crippen molar-refractivity contribution < 1.29 is 14.9 Å². The zero-order valence-electron chi connectivity index (χ0n) is 13.7. The Balaban J connectivity index is 1.81. The predicted molar refractivity (Wildman–Crippen MR) is 91.8 cm³/mol. The van der Waals surface area contributed by atoms with E-state index < -0.39 is 6.10 Å². The van der Waals surface area contributed by atoms with Gasteiger partial charge in [0, 0.05) is 18.2 Å². The second kappa shape index (κ2) is 8.56. The standard InChI is InChI=1S/C19H25NO3/c1-3-18(17-6-4-5-7-19(17)22)20-12-15(21)13-23-16-10-8-14(2)9-11-16/h4-11,15,18,20-22H,3,12-13H2,1-2H3. The van der Waals surface area contributed by atoms with Gasteiger partial charge in [0.25, 0.3) is 0 Å². The maximum Gasteiger partial charge on any atom is 0.120 e. The van der Waals surface area contributed by atoms with Crippen LogP contribution >= 0.6 is 0 Å². The van der Waals surface area contributed by atoms with Crippen molar-refractivity contribution in [3.8, 4) is 11.5 Å². The lowest BCUT2D eigenvalue weighted by Gasteiger charge is -2.21. The van der Waals surface area contributed by atoms with Crippen molar-refractivity contribution >= 4 is 0 Å². The third-order valence-corrected chi connectivity index (χ3v) is 3.78. The van der Waals surface area contributed by atoms with Gasteiger partial charge in [-0.15, -0.1) is 0 Å². The maximum absolute atomic E-state index is 10.1. The van der Waals surface area contributed by atoms with Gasteiger partial charge in [0.2, 0.25) is 0 Å². The Morgan fingerprint density at radius 3 is 2.43 bits per heavy atom. The molecule has 124 valence electrons. The Labute approximate surface area is 137 Å². The van der Waals surface area contributed by atoms with E-state index in [0.29, 0.717) is 6.54 Å². The summed E-state index contributed by atoms with van der Waals surface area (Å²) in [6, 6.07) is 15.0. The van der Waals surface area contributed by atoms with Crippen LogP contribution in [-0.2, 0) is 0 Å². The molecule has 0 aliphatic rings. The van der Waals surface area contributed by atoms with Crippen molar-refractivity contribution in [2.75, 3.05) is 13.2 Å². The summed E-state index contributed by atoms with van der Waals surface area (Å²) in [4.78, 5) is 0. The van der Waals surface area contributed by atoms with Crippen LogP contribution in [0.1, 0.15) is 30.5 Å². The van der Waals surface area contributed by atoms with Crippen LogP contribution in [0.25, 0.3) is 0 Å². The monoisotopic (exact) mass is 315 g/mol. The van der Waals surface area contributed by atoms with Gasteiger partial charge in [-0.2, -0.15) is 0 Å². The van der Waals surface area contributed by atoms with Gasteiger partial charge in [-0.3, -0.25) is 0 Å². The van der Waals surface area contributed by atoms with E-state index in [1.54, 1.807) is 12.1 Å². The van der Waals surface area contributed by atoms with Crippen LogP contribution in [0.2, 0.25) is 0 Å². The number of benzene rings is 2. The van der Waals surface area contributed by atoms with Crippen molar-refractivity contribution in [1.82, 2.24) is 5.32 Å². The van der Waals surface area contributed by atoms with E-state index in [4.69, 9.17) is 4.74 Å². The maximum atomic E-state index is 10.1. The quantitative estimate of drug-likeness (QED) is 0.700. The van der Waals surface area contributed by atoms with E-state index in [0.717, 1.165) is 17.7 Å². The van der Waals surface area contributed by atoms with Crippen molar-refractivity contribution in [2.45, 2.75) is 32.4 Å². The number of hydrogen-bond donors (Lipinski definition) is 3. The minimum atomic E-state index is -0.615. The molecular formula is C19H25NO3. The second-order valence-electron chi connectivity index (χ2n) is 5.71. The van der Waals surface area contributed by atoms with Crippen LogP contribution in [0.15, 0.2) is 48.5 Å². The number of rotatable bonds is 8. The summed E-state index contributed by atoms with van der Waals surface area (Å²) in [5.41, 5.74) is 2.02. The Morgan fingerprint density at radius 1 is 1.09 bits per heavy atom. The number of aliphatic hydroxyl groups is 1. The smallest absolute Gasteiger partial charge is 0.120 e. The van der Waals surface area contributed by atoms with Gasteiger partial charge in [-0.25, -0.2) is 0 Å². The predicted octanol–water partition coefficient (Wildman–Crippen LogP) is 3.18. The molecule has 4 nitrogen and oxygen atoms in total. The normalized spacial score (nSPS) is 13.5. The summed E-state index contributed by atoms with van der Waals surface area (Å²) in [5.74, 6) is 1.03. The van der Waals surface area contributed by atoms with Gasteiger partial charge < -0.3 is 20.3 Å². The Morgan fingerprint density at radius 2 is 1.78 bits per heavy atom. The van der Waals surface area contributed by atoms with Crippen molar-refractivity contribution in [3.05, 3.63) is 59.7 Å². The molecule has 0 saturated carbocycles. The van der Waals surface area contributed by atoms with Crippen molar-refractivity contribution in [2.24, 2.45) is 0 Å². The first-order valence-electron chi connectivity index (χ1n) is 7.99. The van der Waals surface area contributed by atoms with Crippen LogP contribution in [0, 0.1) is 6.92 Å². The third kappa shape index (κ3) is 5.27. The summed E-state index contributed by atoms with van der Waals surface area (Å²) in [7, 11) is 0. The molecule has 0 saturated heterocycles. The molecule has 2 unspecified atom stereocenters. The highest BCUT2D eigenvalue weighted by molar-refractivity contribution is 5.34. The third-order valence-electron chi connectivity index (χ3n) is 3.78. The van der Waals surface area contributed by atoms with E-state index in [2.05, 4.69) is 5.32 Å². The topological polar surface area (TPSA) is 61.7 Å². The molecule has 0 aliphatic carbocycles. The van der Waals surface area contributed by atoms with Crippen LogP contribution in [0.5, 0.6) is 11.5 Å². The highest BCUT2D eigenvalue weighted by Crippen LogP contribution is 2.25. The van der Waals surface area contributed by atoms with Crippen LogP contribution in [-0.4, -0.2) is 29.5 Å². The fourth-order valence-electron chi connectivity index (χ4n) is 2.42. The summed E-state index contributed by atoms with van der Waals surface area (Å²) in [6.45, 7) is 4.69. The number of phenolic OH excluding ortho intramolecular Hbond substituents is 1. The molecule has 0 aliphatic heterocycles. The Bertz CT molecular complexity index is 598. The molecule has 2 rings (SSSR count). The second-order valence-corrected chi connectivity index (χ2v) is 5.71. The number of para-hydroxylation sites is 1. The van der Waals surface area contributed by atoms with Gasteiger partial charge in [0.05, 0.1) is 0 Å². The lowest BCUT2D eigenvalue weighted by atomic mass is 10.0. The lowest BCUT2D eigenvalue weighted by molar-refractivity contribution is 0.103. The minimum absolute atomic E-state index is 0.00484. The average molecular weight is 315 g/mol. The molecule has 2 aromatic rings. The van der Waals surface area contributed by atoms with E-state index in [-0.39, 0.29) is 18.4 Å². The van der Waals surface area contributed by atoms with Gasteiger partial charge in [-0.05, 0) is 31.5 Å². The van der Waals surface area contributed by atoms with Gasteiger partial charge in [0.15, 0.2) is 0 Å². The average Bonchev–Trinajstić information content (AvgIpc) is 2.56. The number of aromatic hydroxyl groups is 1. The summed E-state index contributed by atoms with van der Waals surface area (Å²) in [5, 5.41) is 23.3. The molecule has 0 heterocycles. The number of hydrogen-bond acceptors (Lipinski definition) is 4. The van der Waals surface area contributed by atoms with E-state index >= 15 is 0 Å². The van der Waals surface area contributed by atoms with E-state index in [9.17, 15) is 10.2 Å². The fourth-order valence-corrected chi connectivity index (χ4v) is 2.42. The highest BCUT2D eigenvalue weighted by atomic mass is 16.5. The molecule has 0 bridgehead atoms. The molecule has 4 heteroatoms. The molecule has 23 heavy (non-hydrogen) atoms. The molecular weight excluding hydrogens is 290 g/mol. The number of aliphatic hydroxyl groups excluding tert-OH is 1. The molecule has 0 spiro atoms. The lowest BCUT2D eigenvalue weighted by Crippen LogP contribution is -2.33. The van der Waals surface area contributed by atoms with E-state index in [1.807, 2.05) is 50.2 Å². The van der Waals surface area contributed by atoms with Gasteiger partial charge in [0.1, 0.15) is 24.2 Å². The number of aryl methyl sites for hydroxylation is 1. The highest BCUT2D eigenvalue weighted by Gasteiger charge is 2.14. The minimum Gasteiger partial charge on any atom is -0.508 e. The first-order valence-corrected chi connectivity index (χ1v) is 7.99. The summed E-state index contributed by atoms with van der Waals surface area (Å²) in [6.07, 6.45) is 0.208. The van der Waals surface area contributed by atoms with Crippen molar-refractivity contribution in [1.29, 1.82) is 0 Å². The summed E-state index contributed by atoms with van der Waals surface area (Å²) < 4.78 is 5.58. The first kappa shape index (κ1) is 17.3. The Kier molecular flexibility index (Phi) is 6.44. The number of ether oxygens (including phenoxy) is 1. The van der Waals surface area contributed by atoms with Crippen molar-refractivity contribution in [3.63, 3.8) is 0 Å². The van der Waals surface area contributed by atoms with Crippen LogP contribution in [0.4, 0.5) is 0 Å². The zero-order valence-corrected chi connectivity index (χ0v) is 13.7. The molecule has 0 fully saturated rings. The van der Waals surface area contributed by atoms with Crippen LogP contribution in [0.3, 0.4) is 0 Å². The molecule has 0 amide bonds. The number of nitrogens with one attached hydrogen (secondary N) is 1. The molecule has 0 aromatic heterocycles. The molecule has 3 N–H and O–H groups in total.